The van der Waals surface area contributed by atoms with Crippen molar-refractivity contribution in [3.05, 3.63) is 90.3 Å². The second kappa shape index (κ2) is 10.3. The van der Waals surface area contributed by atoms with E-state index in [1.54, 1.807) is 41.7 Å². The average molecular weight is 483 g/mol. The first-order chi connectivity index (χ1) is 16.8. The normalized spacial score (nSPS) is 12.1. The predicted octanol–water partition coefficient (Wildman–Crippen LogP) is 5.85. The summed E-state index contributed by atoms with van der Waals surface area (Å²) in [5.41, 5.74) is 1.63. The number of halogens is 3. The molecule has 1 atom stereocenters. The van der Waals surface area contributed by atoms with Crippen LogP contribution in [0.1, 0.15) is 24.4 Å². The van der Waals surface area contributed by atoms with Crippen LogP contribution >= 0.6 is 0 Å². The van der Waals surface area contributed by atoms with E-state index in [1.807, 2.05) is 42.5 Å². The quantitative estimate of drug-likeness (QED) is 0.339. The number of rotatable bonds is 8. The minimum Gasteiger partial charge on any atom is -0.489 e. The van der Waals surface area contributed by atoms with Crippen molar-refractivity contribution < 1.29 is 32.0 Å². The molecule has 0 bridgehead atoms. The van der Waals surface area contributed by atoms with Crippen LogP contribution in [-0.2, 0) is 11.4 Å². The number of benzene rings is 3. The van der Waals surface area contributed by atoms with Crippen LogP contribution < -0.4 is 14.8 Å². The van der Waals surface area contributed by atoms with E-state index in [0.29, 0.717) is 29.4 Å². The van der Waals surface area contributed by atoms with Gasteiger partial charge in [0.2, 0.25) is 11.7 Å². The van der Waals surface area contributed by atoms with E-state index in [4.69, 9.17) is 14.0 Å². The summed E-state index contributed by atoms with van der Waals surface area (Å²) in [4.78, 5) is 15.1. The molecule has 4 rings (SSSR count). The van der Waals surface area contributed by atoms with Crippen LogP contribution in [0.3, 0.4) is 0 Å². The van der Waals surface area contributed by atoms with Crippen LogP contribution in [0.25, 0.3) is 11.4 Å². The van der Waals surface area contributed by atoms with Crippen LogP contribution in [0.4, 0.5) is 13.2 Å². The molecular formula is C25H20F3N3O4. The van der Waals surface area contributed by atoms with Crippen molar-refractivity contribution in [3.8, 4) is 28.6 Å². The van der Waals surface area contributed by atoms with Crippen LogP contribution in [0, 0.1) is 0 Å². The summed E-state index contributed by atoms with van der Waals surface area (Å²) in [5.74, 6) is -0.179. The van der Waals surface area contributed by atoms with E-state index in [0.717, 1.165) is 5.56 Å². The topological polar surface area (TPSA) is 86.5 Å². The molecular weight excluding hydrogens is 463 g/mol. The Balaban J connectivity index is 1.33. The highest BCUT2D eigenvalue weighted by atomic mass is 19.4. The monoisotopic (exact) mass is 483 g/mol. The van der Waals surface area contributed by atoms with Gasteiger partial charge in [0.05, 0.1) is 0 Å². The lowest BCUT2D eigenvalue weighted by atomic mass is 10.2. The van der Waals surface area contributed by atoms with Crippen LogP contribution in [0.15, 0.2) is 83.4 Å². The van der Waals surface area contributed by atoms with Gasteiger partial charge in [0, 0.05) is 5.56 Å². The van der Waals surface area contributed by atoms with Crippen LogP contribution in [0.5, 0.6) is 17.2 Å². The van der Waals surface area contributed by atoms with Gasteiger partial charge in [0.1, 0.15) is 29.9 Å². The smallest absolute Gasteiger partial charge is 0.471 e. The Labute approximate surface area is 198 Å². The summed E-state index contributed by atoms with van der Waals surface area (Å²) >= 11 is 0. The van der Waals surface area contributed by atoms with Crippen molar-refractivity contribution in [2.75, 3.05) is 0 Å². The fourth-order valence-electron chi connectivity index (χ4n) is 3.02. The van der Waals surface area contributed by atoms with Gasteiger partial charge in [-0.15, -0.1) is 0 Å². The molecule has 0 spiro atoms. The van der Waals surface area contributed by atoms with Crippen LogP contribution in [0.2, 0.25) is 0 Å². The third-order valence-corrected chi connectivity index (χ3v) is 4.84. The van der Waals surface area contributed by atoms with Gasteiger partial charge in [-0.3, -0.25) is 4.79 Å². The van der Waals surface area contributed by atoms with Crippen molar-refractivity contribution in [1.82, 2.24) is 15.5 Å². The number of aromatic nitrogens is 2. The molecule has 3 aromatic carbocycles. The summed E-state index contributed by atoms with van der Waals surface area (Å²) in [5, 5.41) is 5.53. The number of carbonyl (C=O) groups is 1. The molecule has 1 unspecified atom stereocenters. The van der Waals surface area contributed by atoms with Gasteiger partial charge in [-0.25, -0.2) is 0 Å². The Morgan fingerprint density at radius 2 is 1.54 bits per heavy atom. The predicted molar refractivity (Wildman–Crippen MR) is 120 cm³/mol. The zero-order chi connectivity index (χ0) is 24.8. The fraction of sp³-hybridized carbons (Fsp3) is 0.160. The molecule has 1 N–H and O–H groups in total. The highest BCUT2D eigenvalue weighted by molar-refractivity contribution is 5.81. The summed E-state index contributed by atoms with van der Waals surface area (Å²) < 4.78 is 53.8. The first-order valence-electron chi connectivity index (χ1n) is 10.5. The second-order valence-electron chi connectivity index (χ2n) is 7.52. The van der Waals surface area contributed by atoms with Gasteiger partial charge in [0.15, 0.2) is 0 Å². The van der Waals surface area contributed by atoms with E-state index < -0.39 is 18.1 Å². The minimum atomic E-state index is -5.00. The Kier molecular flexibility index (Phi) is 7.00. The number of hydrogen-bond acceptors (Lipinski definition) is 6. The summed E-state index contributed by atoms with van der Waals surface area (Å²) in [6.07, 6.45) is -5.00. The van der Waals surface area contributed by atoms with Crippen LogP contribution in [-0.4, -0.2) is 22.2 Å². The summed E-state index contributed by atoms with van der Waals surface area (Å²) in [7, 11) is 0. The molecule has 10 heteroatoms. The molecule has 0 aliphatic carbocycles. The second-order valence-corrected chi connectivity index (χ2v) is 7.52. The van der Waals surface area contributed by atoms with E-state index in [9.17, 15) is 18.0 Å². The Hall–Kier alpha value is -4.34. The maximum Gasteiger partial charge on any atom is 0.471 e. The number of amides is 1. The van der Waals surface area contributed by atoms with E-state index in [2.05, 4.69) is 10.1 Å². The van der Waals surface area contributed by atoms with Crippen molar-refractivity contribution in [2.24, 2.45) is 0 Å². The Bertz CT molecular complexity index is 1260. The van der Waals surface area contributed by atoms with Gasteiger partial charge in [-0.1, -0.05) is 35.5 Å². The fourth-order valence-corrected chi connectivity index (χ4v) is 3.02. The van der Waals surface area contributed by atoms with Gasteiger partial charge in [-0.2, -0.15) is 18.2 Å². The lowest BCUT2D eigenvalue weighted by Crippen LogP contribution is -2.38. The first kappa shape index (κ1) is 23.8. The van der Waals surface area contributed by atoms with Crippen molar-refractivity contribution in [3.63, 3.8) is 0 Å². The lowest BCUT2D eigenvalue weighted by molar-refractivity contribution is -0.174. The number of ether oxygens (including phenoxy) is 2. The average Bonchev–Trinajstić information content (AvgIpc) is 3.35. The zero-order valence-corrected chi connectivity index (χ0v) is 18.5. The van der Waals surface area contributed by atoms with Gasteiger partial charge >= 0.3 is 12.1 Å². The lowest BCUT2D eigenvalue weighted by Gasteiger charge is -2.11. The first-order valence-corrected chi connectivity index (χ1v) is 10.5. The molecule has 1 amide bonds. The molecule has 0 aliphatic rings. The SMILES string of the molecule is CC(NC(=O)C(F)(F)F)c1nc(-c2ccc(Oc3ccc(OCc4ccccc4)cc3)cc2)no1. The van der Waals surface area contributed by atoms with Crippen molar-refractivity contribution in [1.29, 1.82) is 0 Å². The molecule has 0 fully saturated rings. The number of alkyl halides is 3. The molecule has 0 saturated carbocycles. The van der Waals surface area contributed by atoms with Gasteiger partial charge < -0.3 is 19.3 Å². The molecule has 0 aliphatic heterocycles. The number of nitrogens with zero attached hydrogens (tertiary/aromatic N) is 2. The number of hydrogen-bond donors (Lipinski definition) is 1. The highest BCUT2D eigenvalue weighted by Gasteiger charge is 2.40. The number of nitrogens with one attached hydrogen (secondary N) is 1. The molecule has 7 nitrogen and oxygen atoms in total. The molecule has 1 aromatic heterocycles. The molecule has 4 aromatic rings. The van der Waals surface area contributed by atoms with E-state index >= 15 is 0 Å². The van der Waals surface area contributed by atoms with Gasteiger partial charge in [0.25, 0.3) is 0 Å². The minimum absolute atomic E-state index is 0.146. The van der Waals surface area contributed by atoms with E-state index in [1.165, 1.54) is 6.92 Å². The largest absolute Gasteiger partial charge is 0.489 e. The third kappa shape index (κ3) is 6.38. The Morgan fingerprint density at radius 1 is 0.943 bits per heavy atom. The summed E-state index contributed by atoms with van der Waals surface area (Å²) in [6.45, 7) is 1.78. The van der Waals surface area contributed by atoms with Crippen molar-refractivity contribution in [2.45, 2.75) is 25.7 Å². The maximum absolute atomic E-state index is 12.4. The summed E-state index contributed by atoms with van der Waals surface area (Å²) in [6, 6.07) is 22.7. The zero-order valence-electron chi connectivity index (χ0n) is 18.5. The standard InChI is InChI=1S/C25H20F3N3O4/c1-16(29-24(32)25(26,27)28)23-30-22(31-35-23)18-7-9-20(10-8-18)34-21-13-11-19(12-14-21)33-15-17-5-3-2-4-6-17/h2-14,16H,15H2,1H3,(H,29,32). The number of carbonyl (C=O) groups excluding carboxylic acids is 1. The molecule has 0 radical (unpaired) electrons. The maximum atomic E-state index is 12.4. The van der Waals surface area contributed by atoms with Crippen molar-refractivity contribution >= 4 is 5.91 Å². The molecule has 1 heterocycles. The van der Waals surface area contributed by atoms with E-state index in [-0.39, 0.29) is 11.7 Å². The third-order valence-electron chi connectivity index (χ3n) is 4.84. The molecule has 0 saturated heterocycles. The Morgan fingerprint density at radius 3 is 2.17 bits per heavy atom. The molecule has 35 heavy (non-hydrogen) atoms. The molecule has 180 valence electrons. The highest BCUT2D eigenvalue weighted by Crippen LogP contribution is 2.27. The van der Waals surface area contributed by atoms with Gasteiger partial charge in [-0.05, 0) is 61.0 Å².